The van der Waals surface area contributed by atoms with Gasteiger partial charge in [0.1, 0.15) is 11.5 Å². The van der Waals surface area contributed by atoms with Gasteiger partial charge in [-0.25, -0.2) is 4.39 Å². The van der Waals surface area contributed by atoms with Crippen LogP contribution in [-0.4, -0.2) is 25.3 Å². The monoisotopic (exact) mass is 423 g/mol. The minimum atomic E-state index is -0.241. The lowest BCUT2D eigenvalue weighted by Gasteiger charge is -2.31. The van der Waals surface area contributed by atoms with E-state index >= 15 is 0 Å². The number of rotatable bonds is 7. The SMILES string of the molecule is Fc1ccc(CN(Cc2ccccc2)C(c2cnc3ccccc3c2)c2cn[nH]n2)cc1. The van der Waals surface area contributed by atoms with Crippen LogP contribution >= 0.6 is 0 Å². The van der Waals surface area contributed by atoms with E-state index in [-0.39, 0.29) is 11.9 Å². The number of H-pyrrole nitrogens is 1. The van der Waals surface area contributed by atoms with Crippen LogP contribution < -0.4 is 0 Å². The summed E-state index contributed by atoms with van der Waals surface area (Å²) in [5.74, 6) is -0.241. The van der Waals surface area contributed by atoms with E-state index in [1.165, 1.54) is 17.7 Å². The highest BCUT2D eigenvalue weighted by Gasteiger charge is 2.26. The van der Waals surface area contributed by atoms with Crippen molar-refractivity contribution in [3.63, 3.8) is 0 Å². The number of nitrogens with one attached hydrogen (secondary N) is 1. The Hall–Kier alpha value is -3.90. The normalized spacial score (nSPS) is 12.3. The molecule has 32 heavy (non-hydrogen) atoms. The Balaban J connectivity index is 1.59. The summed E-state index contributed by atoms with van der Waals surface area (Å²) in [6.45, 7) is 1.29. The van der Waals surface area contributed by atoms with Gasteiger partial charge in [-0.15, -0.1) is 0 Å². The number of benzene rings is 3. The lowest BCUT2D eigenvalue weighted by molar-refractivity contribution is 0.203. The Labute approximate surface area is 185 Å². The third kappa shape index (κ3) is 4.40. The molecule has 0 aliphatic heterocycles. The Morgan fingerprint density at radius 2 is 1.53 bits per heavy atom. The number of hydrogen-bond donors (Lipinski definition) is 1. The summed E-state index contributed by atoms with van der Waals surface area (Å²) >= 11 is 0. The third-order valence-electron chi connectivity index (χ3n) is 5.53. The van der Waals surface area contributed by atoms with Crippen LogP contribution in [-0.2, 0) is 13.1 Å². The highest BCUT2D eigenvalue weighted by atomic mass is 19.1. The first-order valence-corrected chi connectivity index (χ1v) is 10.5. The van der Waals surface area contributed by atoms with Crippen LogP contribution in [0.4, 0.5) is 4.39 Å². The Morgan fingerprint density at radius 3 is 2.28 bits per heavy atom. The maximum absolute atomic E-state index is 13.5. The van der Waals surface area contributed by atoms with Gasteiger partial charge in [0, 0.05) is 24.7 Å². The number of aromatic nitrogens is 4. The maximum Gasteiger partial charge on any atom is 0.123 e. The van der Waals surface area contributed by atoms with Crippen molar-refractivity contribution in [2.24, 2.45) is 0 Å². The summed E-state index contributed by atoms with van der Waals surface area (Å²) in [5, 5.41) is 12.3. The molecule has 1 N–H and O–H groups in total. The highest BCUT2D eigenvalue weighted by molar-refractivity contribution is 5.78. The van der Waals surface area contributed by atoms with Gasteiger partial charge >= 0.3 is 0 Å². The van der Waals surface area contributed by atoms with Crippen molar-refractivity contribution in [2.45, 2.75) is 19.1 Å². The molecule has 3 aromatic carbocycles. The quantitative estimate of drug-likeness (QED) is 0.387. The first kappa shape index (κ1) is 20.0. The van der Waals surface area contributed by atoms with Gasteiger partial charge in [-0.3, -0.25) is 9.88 Å². The molecule has 0 aliphatic carbocycles. The molecule has 2 aromatic heterocycles. The lowest BCUT2D eigenvalue weighted by atomic mass is 10.0. The molecule has 0 amide bonds. The summed E-state index contributed by atoms with van der Waals surface area (Å²) in [6.07, 6.45) is 3.66. The minimum Gasteiger partial charge on any atom is -0.282 e. The van der Waals surface area contributed by atoms with Crippen LogP contribution in [0.1, 0.15) is 28.4 Å². The fourth-order valence-corrected chi connectivity index (χ4v) is 4.03. The van der Waals surface area contributed by atoms with Crippen LogP contribution in [0.15, 0.2) is 97.3 Å². The summed E-state index contributed by atoms with van der Waals surface area (Å²) in [6, 6.07) is 27.0. The average Bonchev–Trinajstić information content (AvgIpc) is 3.36. The predicted molar refractivity (Wildman–Crippen MR) is 122 cm³/mol. The van der Waals surface area contributed by atoms with Gasteiger partial charge in [-0.1, -0.05) is 60.7 Å². The van der Waals surface area contributed by atoms with Gasteiger partial charge in [0.05, 0.1) is 17.8 Å². The maximum atomic E-state index is 13.5. The largest absolute Gasteiger partial charge is 0.282 e. The molecule has 0 saturated heterocycles. The average molecular weight is 423 g/mol. The zero-order valence-corrected chi connectivity index (χ0v) is 17.4. The summed E-state index contributed by atoms with van der Waals surface area (Å²) in [4.78, 5) is 7.00. The number of para-hydroxylation sites is 1. The highest BCUT2D eigenvalue weighted by Crippen LogP contribution is 2.31. The molecule has 0 saturated carbocycles. The van der Waals surface area contributed by atoms with E-state index in [4.69, 9.17) is 0 Å². The third-order valence-corrected chi connectivity index (χ3v) is 5.53. The van der Waals surface area contributed by atoms with Crippen LogP contribution in [0, 0.1) is 5.82 Å². The predicted octanol–water partition coefficient (Wildman–Crippen LogP) is 5.28. The molecule has 5 rings (SSSR count). The topological polar surface area (TPSA) is 57.7 Å². The van der Waals surface area contributed by atoms with Crippen molar-refractivity contribution in [3.05, 3.63) is 126 Å². The van der Waals surface area contributed by atoms with Gasteiger partial charge in [-0.05, 0) is 41.0 Å². The number of halogens is 1. The fourth-order valence-electron chi connectivity index (χ4n) is 4.03. The van der Waals surface area contributed by atoms with E-state index in [1.54, 1.807) is 6.20 Å². The Morgan fingerprint density at radius 1 is 0.812 bits per heavy atom. The van der Waals surface area contributed by atoms with Crippen LogP contribution in [0.3, 0.4) is 0 Å². The zero-order chi connectivity index (χ0) is 21.8. The number of hydrogen-bond acceptors (Lipinski definition) is 4. The number of fused-ring (bicyclic) bond motifs is 1. The van der Waals surface area contributed by atoms with Crippen LogP contribution in [0.2, 0.25) is 0 Å². The second kappa shape index (κ2) is 9.08. The first-order chi connectivity index (χ1) is 15.8. The molecular weight excluding hydrogens is 401 g/mol. The van der Waals surface area contributed by atoms with Gasteiger partial charge < -0.3 is 0 Å². The fraction of sp³-hybridized carbons (Fsp3) is 0.115. The van der Waals surface area contributed by atoms with Crippen molar-refractivity contribution in [1.29, 1.82) is 0 Å². The van der Waals surface area contributed by atoms with Gasteiger partial charge in [-0.2, -0.15) is 15.4 Å². The molecule has 5 nitrogen and oxygen atoms in total. The number of pyridine rings is 1. The smallest absolute Gasteiger partial charge is 0.123 e. The molecule has 0 spiro atoms. The molecule has 0 aliphatic rings. The molecule has 1 atom stereocenters. The first-order valence-electron chi connectivity index (χ1n) is 10.5. The van der Waals surface area contributed by atoms with Gasteiger partial charge in [0.2, 0.25) is 0 Å². The molecule has 0 radical (unpaired) electrons. The summed E-state index contributed by atoms with van der Waals surface area (Å²) in [5.41, 5.74) is 4.97. The lowest BCUT2D eigenvalue weighted by Crippen LogP contribution is -2.29. The molecule has 5 aromatic rings. The van der Waals surface area contributed by atoms with E-state index in [0.29, 0.717) is 13.1 Å². The summed E-state index contributed by atoms with van der Waals surface area (Å²) in [7, 11) is 0. The molecule has 158 valence electrons. The zero-order valence-electron chi connectivity index (χ0n) is 17.4. The molecule has 0 bridgehead atoms. The van der Waals surface area contributed by atoms with Crippen molar-refractivity contribution in [2.75, 3.05) is 0 Å². The van der Waals surface area contributed by atoms with Crippen molar-refractivity contribution in [3.8, 4) is 0 Å². The van der Waals surface area contributed by atoms with E-state index < -0.39 is 0 Å². The number of nitrogens with zero attached hydrogens (tertiary/aromatic N) is 4. The second-order valence-electron chi connectivity index (χ2n) is 7.78. The van der Waals surface area contributed by atoms with Crippen molar-refractivity contribution >= 4 is 10.9 Å². The van der Waals surface area contributed by atoms with E-state index in [0.717, 1.165) is 27.7 Å². The van der Waals surface area contributed by atoms with Crippen molar-refractivity contribution < 1.29 is 4.39 Å². The minimum absolute atomic E-state index is 0.184. The van der Waals surface area contributed by atoms with E-state index in [1.807, 2.05) is 54.7 Å². The van der Waals surface area contributed by atoms with Crippen molar-refractivity contribution in [1.82, 2.24) is 25.3 Å². The Kier molecular flexibility index (Phi) is 5.68. The van der Waals surface area contributed by atoms with E-state index in [2.05, 4.69) is 49.6 Å². The number of aromatic amines is 1. The molecular formula is C26H22FN5. The van der Waals surface area contributed by atoms with Gasteiger partial charge in [0.15, 0.2) is 0 Å². The Bertz CT molecular complexity index is 1290. The summed E-state index contributed by atoms with van der Waals surface area (Å²) < 4.78 is 13.5. The van der Waals surface area contributed by atoms with Crippen LogP contribution in [0.25, 0.3) is 10.9 Å². The van der Waals surface area contributed by atoms with Crippen LogP contribution in [0.5, 0.6) is 0 Å². The molecule has 6 heteroatoms. The van der Waals surface area contributed by atoms with Gasteiger partial charge in [0.25, 0.3) is 0 Å². The second-order valence-corrected chi connectivity index (χ2v) is 7.78. The standard InChI is InChI=1S/C26H22FN5/c27-23-12-10-20(11-13-23)18-32(17-19-6-2-1-3-7-19)26(25-16-29-31-30-25)22-14-21-8-4-5-9-24(21)28-15-22/h1-16,26H,17-18H2,(H,29,30,31). The van der Waals surface area contributed by atoms with E-state index in [9.17, 15) is 4.39 Å². The molecule has 0 fully saturated rings. The molecule has 1 unspecified atom stereocenters. The molecule has 2 heterocycles.